The summed E-state index contributed by atoms with van der Waals surface area (Å²) in [5, 5.41) is 9.41. The van der Waals surface area contributed by atoms with Crippen LogP contribution in [0.4, 0.5) is 0 Å². The zero-order chi connectivity index (χ0) is 13.8. The van der Waals surface area contributed by atoms with Gasteiger partial charge >= 0.3 is 12.0 Å². The summed E-state index contributed by atoms with van der Waals surface area (Å²) in [4.78, 5) is 18.3. The number of halogens is 1. The lowest BCUT2D eigenvalue weighted by atomic mass is 10.1. The monoisotopic (exact) mass is 278 g/mol. The summed E-state index contributed by atoms with van der Waals surface area (Å²) in [6.07, 6.45) is 3.18. The number of hydrogen-bond acceptors (Lipinski definition) is 4. The molecule has 5 nitrogen and oxygen atoms in total. The lowest BCUT2D eigenvalue weighted by Gasteiger charge is -2.06. The van der Waals surface area contributed by atoms with Gasteiger partial charge in [-0.2, -0.15) is 0 Å². The molecule has 1 aromatic carbocycles. The summed E-state index contributed by atoms with van der Waals surface area (Å²) in [5.41, 5.74) is 0.971. The van der Waals surface area contributed by atoms with Crippen LogP contribution in [0.5, 0.6) is 11.8 Å². The summed E-state index contributed by atoms with van der Waals surface area (Å²) >= 11 is 6.00. The molecular formula is C13H11ClN2O3. The Bertz CT molecular complexity index is 599. The highest BCUT2D eigenvalue weighted by Gasteiger charge is 2.07. The van der Waals surface area contributed by atoms with Crippen LogP contribution in [0.15, 0.2) is 30.6 Å². The van der Waals surface area contributed by atoms with E-state index in [-0.39, 0.29) is 11.6 Å². The first-order chi connectivity index (χ1) is 9.10. The maximum Gasteiger partial charge on any atom is 0.338 e. The highest BCUT2D eigenvalue weighted by Crippen LogP contribution is 2.25. The molecule has 19 heavy (non-hydrogen) atoms. The van der Waals surface area contributed by atoms with Gasteiger partial charge in [0.25, 0.3) is 0 Å². The molecule has 6 heteroatoms. The van der Waals surface area contributed by atoms with E-state index in [1.165, 1.54) is 12.4 Å². The van der Waals surface area contributed by atoms with Crippen LogP contribution in [0.25, 0.3) is 0 Å². The number of hydrogen-bond donors (Lipinski definition) is 1. The normalized spacial score (nSPS) is 10.2. The zero-order valence-electron chi connectivity index (χ0n) is 10.1. The van der Waals surface area contributed by atoms with E-state index in [1.807, 2.05) is 6.92 Å². The Morgan fingerprint density at radius 2 is 2.05 bits per heavy atom. The van der Waals surface area contributed by atoms with Crippen molar-refractivity contribution >= 4 is 17.6 Å². The van der Waals surface area contributed by atoms with Crippen molar-refractivity contribution in [3.05, 3.63) is 46.7 Å². The van der Waals surface area contributed by atoms with Crippen molar-refractivity contribution in [3.8, 4) is 11.8 Å². The Morgan fingerprint density at radius 3 is 2.63 bits per heavy atom. The van der Waals surface area contributed by atoms with Crippen LogP contribution in [0.2, 0.25) is 5.02 Å². The first kappa shape index (κ1) is 13.3. The van der Waals surface area contributed by atoms with E-state index < -0.39 is 5.97 Å². The van der Waals surface area contributed by atoms with Crippen molar-refractivity contribution < 1.29 is 14.6 Å². The van der Waals surface area contributed by atoms with Crippen LogP contribution in [0, 0.1) is 0 Å². The van der Waals surface area contributed by atoms with Gasteiger partial charge in [-0.25, -0.2) is 14.8 Å². The van der Waals surface area contributed by atoms with Gasteiger partial charge in [-0.1, -0.05) is 18.5 Å². The summed E-state index contributed by atoms with van der Waals surface area (Å²) < 4.78 is 5.44. The minimum atomic E-state index is -1.08. The van der Waals surface area contributed by atoms with Gasteiger partial charge in [-0.3, -0.25) is 0 Å². The lowest BCUT2D eigenvalue weighted by molar-refractivity contribution is 0.0696. The average Bonchev–Trinajstić information content (AvgIpc) is 2.41. The van der Waals surface area contributed by atoms with Crippen LogP contribution in [0.1, 0.15) is 22.8 Å². The molecule has 0 unspecified atom stereocenters. The second-order valence-corrected chi connectivity index (χ2v) is 4.18. The van der Waals surface area contributed by atoms with Crippen molar-refractivity contribution in [2.75, 3.05) is 0 Å². The minimum absolute atomic E-state index is 0.0118. The molecule has 0 radical (unpaired) electrons. The number of aryl methyl sites for hydroxylation is 1. The molecule has 98 valence electrons. The van der Waals surface area contributed by atoms with Crippen LogP contribution in [-0.2, 0) is 6.42 Å². The molecule has 0 bridgehead atoms. The maximum absolute atomic E-state index is 10.7. The van der Waals surface area contributed by atoms with Gasteiger partial charge in [0.1, 0.15) is 5.75 Å². The average molecular weight is 279 g/mol. The van der Waals surface area contributed by atoms with Gasteiger partial charge in [0.15, 0.2) is 0 Å². The van der Waals surface area contributed by atoms with Gasteiger partial charge < -0.3 is 9.84 Å². The van der Waals surface area contributed by atoms with Crippen molar-refractivity contribution in [1.82, 2.24) is 9.97 Å². The second kappa shape index (κ2) is 5.67. The number of aromatic carboxylic acids is 1. The van der Waals surface area contributed by atoms with E-state index in [0.717, 1.165) is 12.0 Å². The second-order valence-electron chi connectivity index (χ2n) is 3.77. The number of rotatable bonds is 4. The van der Waals surface area contributed by atoms with E-state index in [9.17, 15) is 4.79 Å². The molecule has 0 amide bonds. The van der Waals surface area contributed by atoms with E-state index in [4.69, 9.17) is 21.4 Å². The molecule has 0 aliphatic heterocycles. The van der Waals surface area contributed by atoms with Crippen molar-refractivity contribution in [1.29, 1.82) is 0 Å². The zero-order valence-corrected chi connectivity index (χ0v) is 10.9. The summed E-state index contributed by atoms with van der Waals surface area (Å²) in [6.45, 7) is 1.99. The first-order valence-electron chi connectivity index (χ1n) is 5.61. The van der Waals surface area contributed by atoms with Gasteiger partial charge in [0.05, 0.1) is 5.56 Å². The predicted molar refractivity (Wildman–Crippen MR) is 69.9 cm³/mol. The van der Waals surface area contributed by atoms with Crippen LogP contribution in [0.3, 0.4) is 0 Å². The van der Waals surface area contributed by atoms with Crippen LogP contribution >= 0.6 is 11.6 Å². The number of benzene rings is 1. The van der Waals surface area contributed by atoms with Gasteiger partial charge in [0, 0.05) is 17.4 Å². The summed E-state index contributed by atoms with van der Waals surface area (Å²) in [6, 6.07) is 5.34. The molecular weight excluding hydrogens is 268 g/mol. The smallest absolute Gasteiger partial charge is 0.338 e. The van der Waals surface area contributed by atoms with Crippen molar-refractivity contribution in [2.45, 2.75) is 13.3 Å². The number of carbonyl (C=O) groups is 1. The third-order valence-electron chi connectivity index (χ3n) is 2.48. The number of carboxylic acids is 1. The van der Waals surface area contributed by atoms with E-state index in [0.29, 0.717) is 10.8 Å². The molecule has 1 aromatic heterocycles. The topological polar surface area (TPSA) is 72.3 Å². The largest absolute Gasteiger partial charge is 0.478 e. The highest BCUT2D eigenvalue weighted by atomic mass is 35.5. The standard InChI is InChI=1S/C13H11ClN2O3/c1-2-8-5-10(3-4-11(8)14)19-13-15-6-9(7-16-13)12(17)18/h3-7H,2H2,1H3,(H,17,18). The Labute approximate surface area is 114 Å². The number of aromatic nitrogens is 2. The number of nitrogens with zero attached hydrogens (tertiary/aromatic N) is 2. The highest BCUT2D eigenvalue weighted by molar-refractivity contribution is 6.31. The predicted octanol–water partition coefficient (Wildman–Crippen LogP) is 3.18. The molecule has 1 heterocycles. The van der Waals surface area contributed by atoms with Gasteiger partial charge in [-0.15, -0.1) is 0 Å². The number of carboxylic acid groups (broad SMARTS) is 1. The SMILES string of the molecule is CCc1cc(Oc2ncc(C(=O)O)cn2)ccc1Cl. The molecule has 0 aliphatic rings. The van der Waals surface area contributed by atoms with Gasteiger partial charge in [0.2, 0.25) is 0 Å². The molecule has 0 aliphatic carbocycles. The lowest BCUT2D eigenvalue weighted by Crippen LogP contribution is -2.00. The Kier molecular flexibility index (Phi) is 3.97. The summed E-state index contributed by atoms with van der Waals surface area (Å²) in [5.74, 6) is -0.518. The Morgan fingerprint density at radius 1 is 1.37 bits per heavy atom. The molecule has 0 saturated heterocycles. The molecule has 2 rings (SSSR count). The summed E-state index contributed by atoms with van der Waals surface area (Å²) in [7, 11) is 0. The molecule has 2 aromatic rings. The van der Waals surface area contributed by atoms with E-state index in [1.54, 1.807) is 18.2 Å². The van der Waals surface area contributed by atoms with Gasteiger partial charge in [-0.05, 0) is 30.2 Å². The van der Waals surface area contributed by atoms with Crippen LogP contribution < -0.4 is 4.74 Å². The van der Waals surface area contributed by atoms with E-state index >= 15 is 0 Å². The third-order valence-corrected chi connectivity index (χ3v) is 2.85. The fourth-order valence-corrected chi connectivity index (χ4v) is 1.72. The quantitative estimate of drug-likeness (QED) is 0.930. The Hall–Kier alpha value is -2.14. The fourth-order valence-electron chi connectivity index (χ4n) is 1.47. The third kappa shape index (κ3) is 3.20. The number of ether oxygens (including phenoxy) is 1. The molecule has 0 saturated carbocycles. The molecule has 0 atom stereocenters. The van der Waals surface area contributed by atoms with Crippen LogP contribution in [-0.4, -0.2) is 21.0 Å². The van der Waals surface area contributed by atoms with E-state index in [2.05, 4.69) is 9.97 Å². The Balaban J connectivity index is 2.19. The molecule has 1 N–H and O–H groups in total. The fraction of sp³-hybridized carbons (Fsp3) is 0.154. The maximum atomic E-state index is 10.7. The first-order valence-corrected chi connectivity index (χ1v) is 5.99. The molecule has 0 fully saturated rings. The van der Waals surface area contributed by atoms with Crippen molar-refractivity contribution in [2.24, 2.45) is 0 Å². The molecule has 0 spiro atoms. The minimum Gasteiger partial charge on any atom is -0.478 e. The van der Waals surface area contributed by atoms with Crippen molar-refractivity contribution in [3.63, 3.8) is 0 Å².